The third kappa shape index (κ3) is 1.84. The van der Waals surface area contributed by atoms with E-state index in [-0.39, 0.29) is 6.04 Å². The summed E-state index contributed by atoms with van der Waals surface area (Å²) in [6, 6.07) is 5.16. The first-order valence-corrected chi connectivity index (χ1v) is 5.35. The number of amides is 1. The van der Waals surface area contributed by atoms with E-state index in [1.807, 2.05) is 13.0 Å². The van der Waals surface area contributed by atoms with Crippen LogP contribution < -0.4 is 11.5 Å². The molecular weight excluding hydrogens is 210 g/mol. The van der Waals surface area contributed by atoms with Crippen LogP contribution in [0.3, 0.4) is 0 Å². The van der Waals surface area contributed by atoms with Gasteiger partial charge in [-0.3, -0.25) is 4.79 Å². The zero-order valence-electron chi connectivity index (χ0n) is 8.23. The molecule has 15 heavy (non-hydrogen) atoms. The Balaban J connectivity index is 2.57. The van der Waals surface area contributed by atoms with Crippen LogP contribution in [0.5, 0.6) is 0 Å². The SMILES string of the molecule is C[C@H](N)c1nc2cc(C(N)=O)ccc2s1. The number of fused-ring (bicyclic) bond motifs is 1. The number of nitrogens with two attached hydrogens (primary N) is 2. The molecule has 4 nitrogen and oxygen atoms in total. The maximum absolute atomic E-state index is 11.0. The third-order valence-electron chi connectivity index (χ3n) is 2.08. The zero-order valence-corrected chi connectivity index (χ0v) is 9.04. The van der Waals surface area contributed by atoms with E-state index in [1.54, 1.807) is 12.1 Å². The highest BCUT2D eigenvalue weighted by molar-refractivity contribution is 7.18. The highest BCUT2D eigenvalue weighted by Crippen LogP contribution is 2.25. The van der Waals surface area contributed by atoms with Crippen LogP contribution in [-0.4, -0.2) is 10.9 Å². The number of benzene rings is 1. The second-order valence-corrected chi connectivity index (χ2v) is 4.45. The molecule has 0 aliphatic carbocycles. The van der Waals surface area contributed by atoms with Crippen molar-refractivity contribution >= 4 is 27.5 Å². The van der Waals surface area contributed by atoms with Crippen LogP contribution in [0.2, 0.25) is 0 Å². The molecule has 0 unspecified atom stereocenters. The average molecular weight is 221 g/mol. The van der Waals surface area contributed by atoms with E-state index in [0.717, 1.165) is 15.2 Å². The summed E-state index contributed by atoms with van der Waals surface area (Å²) in [6.45, 7) is 1.88. The molecule has 0 spiro atoms. The summed E-state index contributed by atoms with van der Waals surface area (Å²) < 4.78 is 1.02. The molecule has 1 heterocycles. The second-order valence-electron chi connectivity index (χ2n) is 3.39. The molecule has 0 saturated heterocycles. The van der Waals surface area contributed by atoms with Gasteiger partial charge < -0.3 is 11.5 Å². The van der Waals surface area contributed by atoms with Crippen molar-refractivity contribution in [2.45, 2.75) is 13.0 Å². The van der Waals surface area contributed by atoms with E-state index in [4.69, 9.17) is 11.5 Å². The number of carbonyl (C=O) groups is 1. The number of aromatic nitrogens is 1. The van der Waals surface area contributed by atoms with Gasteiger partial charge in [0.2, 0.25) is 5.91 Å². The van der Waals surface area contributed by atoms with Gasteiger partial charge in [-0.25, -0.2) is 4.98 Å². The maximum Gasteiger partial charge on any atom is 0.248 e. The molecule has 4 N–H and O–H groups in total. The lowest BCUT2D eigenvalue weighted by molar-refractivity contribution is 0.100. The Morgan fingerprint density at radius 2 is 2.27 bits per heavy atom. The lowest BCUT2D eigenvalue weighted by Gasteiger charge is -1.95. The number of thiazole rings is 1. The van der Waals surface area contributed by atoms with Gasteiger partial charge in [0.1, 0.15) is 5.01 Å². The number of rotatable bonds is 2. The summed E-state index contributed by atoms with van der Waals surface area (Å²) in [4.78, 5) is 15.3. The highest BCUT2D eigenvalue weighted by atomic mass is 32.1. The van der Waals surface area contributed by atoms with Gasteiger partial charge in [-0.2, -0.15) is 0 Å². The molecule has 0 fully saturated rings. The molecule has 1 aromatic heterocycles. The Bertz CT molecular complexity index is 518. The fourth-order valence-corrected chi connectivity index (χ4v) is 2.19. The average Bonchev–Trinajstić information content (AvgIpc) is 2.59. The number of nitrogens with zero attached hydrogens (tertiary/aromatic N) is 1. The van der Waals surface area contributed by atoms with E-state index in [0.29, 0.717) is 5.56 Å². The Morgan fingerprint density at radius 3 is 2.87 bits per heavy atom. The third-order valence-corrected chi connectivity index (χ3v) is 3.32. The van der Waals surface area contributed by atoms with Crippen LogP contribution in [0.1, 0.15) is 28.3 Å². The van der Waals surface area contributed by atoms with Crippen LogP contribution in [0, 0.1) is 0 Å². The van der Waals surface area contributed by atoms with Gasteiger partial charge in [0.05, 0.1) is 16.3 Å². The maximum atomic E-state index is 11.0. The largest absolute Gasteiger partial charge is 0.366 e. The van der Waals surface area contributed by atoms with Gasteiger partial charge in [-0.1, -0.05) is 0 Å². The number of hydrogen-bond donors (Lipinski definition) is 2. The molecule has 0 radical (unpaired) electrons. The fraction of sp³-hybridized carbons (Fsp3) is 0.200. The zero-order chi connectivity index (χ0) is 11.0. The summed E-state index contributed by atoms with van der Waals surface area (Å²) in [5.41, 5.74) is 12.2. The predicted molar refractivity (Wildman–Crippen MR) is 60.7 cm³/mol. The highest BCUT2D eigenvalue weighted by Gasteiger charge is 2.09. The first-order valence-electron chi connectivity index (χ1n) is 4.54. The van der Waals surface area contributed by atoms with Crippen molar-refractivity contribution in [3.8, 4) is 0 Å². The Hall–Kier alpha value is -1.46. The van der Waals surface area contributed by atoms with Crippen molar-refractivity contribution in [3.05, 3.63) is 28.8 Å². The van der Waals surface area contributed by atoms with Crippen LogP contribution >= 0.6 is 11.3 Å². The number of hydrogen-bond acceptors (Lipinski definition) is 4. The minimum Gasteiger partial charge on any atom is -0.366 e. The monoisotopic (exact) mass is 221 g/mol. The Labute approximate surface area is 90.9 Å². The van der Waals surface area contributed by atoms with Gasteiger partial charge in [0.15, 0.2) is 0 Å². The second kappa shape index (κ2) is 3.60. The van der Waals surface area contributed by atoms with Crippen LogP contribution in [0.15, 0.2) is 18.2 Å². The molecule has 0 aliphatic heterocycles. The smallest absolute Gasteiger partial charge is 0.248 e. The number of carbonyl (C=O) groups excluding carboxylic acids is 1. The molecule has 0 bridgehead atoms. The summed E-state index contributed by atoms with van der Waals surface area (Å²) in [7, 11) is 0. The fourth-order valence-electron chi connectivity index (χ4n) is 1.29. The van der Waals surface area contributed by atoms with E-state index in [1.165, 1.54) is 11.3 Å². The van der Waals surface area contributed by atoms with Crippen molar-refractivity contribution in [2.75, 3.05) is 0 Å². The van der Waals surface area contributed by atoms with Crippen LogP contribution in [0.4, 0.5) is 0 Å². The first kappa shape index (κ1) is 10.1. The topological polar surface area (TPSA) is 82.0 Å². The predicted octanol–water partition coefficient (Wildman–Crippen LogP) is 1.41. The molecule has 5 heteroatoms. The molecule has 2 rings (SSSR count). The standard InChI is InChI=1S/C10H11N3OS/c1-5(11)10-13-7-4-6(9(12)14)2-3-8(7)15-10/h2-5H,11H2,1H3,(H2,12,14)/t5-/m0/s1. The molecule has 78 valence electrons. The minimum absolute atomic E-state index is 0.0839. The summed E-state index contributed by atoms with van der Waals surface area (Å²) >= 11 is 1.54. The van der Waals surface area contributed by atoms with Gasteiger partial charge >= 0.3 is 0 Å². The van der Waals surface area contributed by atoms with E-state index < -0.39 is 5.91 Å². The van der Waals surface area contributed by atoms with Crippen LogP contribution in [-0.2, 0) is 0 Å². The van der Waals surface area contributed by atoms with Crippen molar-refractivity contribution < 1.29 is 4.79 Å². The van der Waals surface area contributed by atoms with E-state index in [2.05, 4.69) is 4.98 Å². The van der Waals surface area contributed by atoms with Gasteiger partial charge in [-0.05, 0) is 25.1 Å². The lowest BCUT2D eigenvalue weighted by atomic mass is 10.2. The van der Waals surface area contributed by atoms with E-state index in [9.17, 15) is 4.79 Å². The Morgan fingerprint density at radius 1 is 1.53 bits per heavy atom. The summed E-state index contributed by atoms with van der Waals surface area (Å²) in [5, 5.41) is 0.867. The van der Waals surface area contributed by atoms with Gasteiger partial charge in [0, 0.05) is 5.56 Å². The molecular formula is C10H11N3OS. The lowest BCUT2D eigenvalue weighted by Crippen LogP contribution is -2.10. The van der Waals surface area contributed by atoms with Gasteiger partial charge in [0.25, 0.3) is 0 Å². The van der Waals surface area contributed by atoms with Crippen molar-refractivity contribution in [1.82, 2.24) is 4.98 Å². The van der Waals surface area contributed by atoms with Crippen molar-refractivity contribution in [3.63, 3.8) is 0 Å². The van der Waals surface area contributed by atoms with Crippen LogP contribution in [0.25, 0.3) is 10.2 Å². The van der Waals surface area contributed by atoms with Crippen molar-refractivity contribution in [2.24, 2.45) is 11.5 Å². The molecule has 1 amide bonds. The number of primary amides is 1. The Kier molecular flexibility index (Phi) is 2.42. The summed E-state index contributed by atoms with van der Waals surface area (Å²) in [5.74, 6) is -0.438. The normalized spacial score (nSPS) is 12.9. The molecule has 1 aromatic carbocycles. The molecule has 0 saturated carbocycles. The quantitative estimate of drug-likeness (QED) is 0.804. The molecule has 2 aromatic rings. The molecule has 0 aliphatic rings. The minimum atomic E-state index is -0.438. The van der Waals surface area contributed by atoms with Crippen molar-refractivity contribution in [1.29, 1.82) is 0 Å². The first-order chi connectivity index (χ1) is 7.08. The molecule has 1 atom stereocenters. The van der Waals surface area contributed by atoms with E-state index >= 15 is 0 Å². The van der Waals surface area contributed by atoms with Gasteiger partial charge in [-0.15, -0.1) is 11.3 Å². The summed E-state index contributed by atoms with van der Waals surface area (Å²) in [6.07, 6.45) is 0.